The van der Waals surface area contributed by atoms with E-state index in [1.54, 1.807) is 0 Å². The van der Waals surface area contributed by atoms with Gasteiger partial charge in [0, 0.05) is 12.2 Å². The van der Waals surface area contributed by atoms with Crippen molar-refractivity contribution in [3.63, 3.8) is 0 Å². The average Bonchev–Trinajstić information content (AvgIpc) is 2.45. The minimum Gasteiger partial charge on any atom is -0.392 e. The Morgan fingerprint density at radius 3 is 2.63 bits per heavy atom. The van der Waals surface area contributed by atoms with Gasteiger partial charge in [0.05, 0.1) is 18.2 Å². The van der Waals surface area contributed by atoms with Crippen molar-refractivity contribution in [2.45, 2.75) is 20.1 Å². The fourth-order valence-corrected chi connectivity index (χ4v) is 1.94. The van der Waals surface area contributed by atoms with Crippen molar-refractivity contribution in [1.29, 1.82) is 5.26 Å². The van der Waals surface area contributed by atoms with Crippen LogP contribution in [-0.4, -0.2) is 5.11 Å². The predicted molar refractivity (Wildman–Crippen MR) is 75.6 cm³/mol. The van der Waals surface area contributed by atoms with E-state index in [0.29, 0.717) is 12.1 Å². The Hall–Kier alpha value is -2.31. The number of nitrogens with zero attached hydrogens (tertiary/aromatic N) is 1. The van der Waals surface area contributed by atoms with Crippen LogP contribution in [0.5, 0.6) is 0 Å². The minimum absolute atomic E-state index is 0.0593. The molecule has 0 saturated carbocycles. The quantitative estimate of drug-likeness (QED) is 0.879. The standard InChI is InChI=1S/C16H16N2O/c1-12-7-16(6-5-15(12)9-17)18-10-13-3-2-4-14(8-13)11-19/h2-8,18-19H,10-11H2,1H3. The molecule has 0 aromatic heterocycles. The zero-order valence-corrected chi connectivity index (χ0v) is 10.9. The van der Waals surface area contributed by atoms with Crippen LogP contribution in [0.2, 0.25) is 0 Å². The van der Waals surface area contributed by atoms with Gasteiger partial charge in [0.25, 0.3) is 0 Å². The summed E-state index contributed by atoms with van der Waals surface area (Å²) in [7, 11) is 0. The molecule has 96 valence electrons. The van der Waals surface area contributed by atoms with Crippen LogP contribution in [0.1, 0.15) is 22.3 Å². The summed E-state index contributed by atoms with van der Waals surface area (Å²) in [4.78, 5) is 0. The highest BCUT2D eigenvalue weighted by Crippen LogP contribution is 2.15. The molecule has 2 aromatic carbocycles. The number of anilines is 1. The van der Waals surface area contributed by atoms with Gasteiger partial charge in [-0.3, -0.25) is 0 Å². The summed E-state index contributed by atoms with van der Waals surface area (Å²) < 4.78 is 0. The number of nitrogens with one attached hydrogen (secondary N) is 1. The molecule has 0 saturated heterocycles. The summed E-state index contributed by atoms with van der Waals surface area (Å²) in [5, 5.41) is 21.3. The summed E-state index contributed by atoms with van der Waals surface area (Å²) >= 11 is 0. The van der Waals surface area contributed by atoms with Crippen LogP contribution in [0, 0.1) is 18.3 Å². The van der Waals surface area contributed by atoms with Gasteiger partial charge in [0.2, 0.25) is 0 Å². The molecule has 2 aromatic rings. The molecule has 2 N–H and O–H groups in total. The highest BCUT2D eigenvalue weighted by Gasteiger charge is 2.00. The number of aliphatic hydroxyl groups is 1. The van der Waals surface area contributed by atoms with E-state index in [0.717, 1.165) is 22.4 Å². The van der Waals surface area contributed by atoms with Gasteiger partial charge < -0.3 is 10.4 Å². The van der Waals surface area contributed by atoms with E-state index in [2.05, 4.69) is 11.4 Å². The van der Waals surface area contributed by atoms with E-state index in [1.807, 2.05) is 49.4 Å². The molecule has 3 nitrogen and oxygen atoms in total. The number of hydrogen-bond donors (Lipinski definition) is 2. The molecule has 0 spiro atoms. The van der Waals surface area contributed by atoms with E-state index >= 15 is 0 Å². The van der Waals surface area contributed by atoms with Crippen LogP contribution < -0.4 is 5.32 Å². The molecular formula is C16H16N2O. The van der Waals surface area contributed by atoms with Crippen LogP contribution in [0.15, 0.2) is 42.5 Å². The van der Waals surface area contributed by atoms with E-state index in [-0.39, 0.29) is 6.61 Å². The van der Waals surface area contributed by atoms with Gasteiger partial charge in [-0.15, -0.1) is 0 Å². The number of benzene rings is 2. The molecule has 0 heterocycles. The number of hydrogen-bond acceptors (Lipinski definition) is 3. The first-order valence-electron chi connectivity index (χ1n) is 6.16. The summed E-state index contributed by atoms with van der Waals surface area (Å²) in [6.45, 7) is 2.68. The molecule has 19 heavy (non-hydrogen) atoms. The van der Waals surface area contributed by atoms with Crippen LogP contribution in [0.3, 0.4) is 0 Å². The van der Waals surface area contributed by atoms with E-state index in [4.69, 9.17) is 10.4 Å². The third-order valence-corrected chi connectivity index (χ3v) is 3.02. The molecule has 0 fully saturated rings. The van der Waals surface area contributed by atoms with E-state index in [9.17, 15) is 0 Å². The van der Waals surface area contributed by atoms with Crippen molar-refractivity contribution in [2.24, 2.45) is 0 Å². The van der Waals surface area contributed by atoms with Crippen molar-refractivity contribution >= 4 is 5.69 Å². The fraction of sp³-hybridized carbons (Fsp3) is 0.188. The van der Waals surface area contributed by atoms with Crippen molar-refractivity contribution < 1.29 is 5.11 Å². The lowest BCUT2D eigenvalue weighted by Crippen LogP contribution is -2.00. The maximum absolute atomic E-state index is 9.09. The van der Waals surface area contributed by atoms with Gasteiger partial charge in [0.15, 0.2) is 0 Å². The lowest BCUT2D eigenvalue weighted by molar-refractivity contribution is 0.281. The van der Waals surface area contributed by atoms with Crippen molar-refractivity contribution in [3.05, 3.63) is 64.7 Å². The molecule has 0 aliphatic carbocycles. The van der Waals surface area contributed by atoms with Gasteiger partial charge >= 0.3 is 0 Å². The SMILES string of the molecule is Cc1cc(NCc2cccc(CO)c2)ccc1C#N. The largest absolute Gasteiger partial charge is 0.392 e. The smallest absolute Gasteiger partial charge is 0.0994 e. The lowest BCUT2D eigenvalue weighted by atomic mass is 10.1. The highest BCUT2D eigenvalue weighted by atomic mass is 16.3. The van der Waals surface area contributed by atoms with Crippen LogP contribution in [0.4, 0.5) is 5.69 Å². The van der Waals surface area contributed by atoms with Crippen LogP contribution in [-0.2, 0) is 13.2 Å². The molecular weight excluding hydrogens is 236 g/mol. The van der Waals surface area contributed by atoms with Gasteiger partial charge in [-0.1, -0.05) is 24.3 Å². The first kappa shape index (κ1) is 13.1. The summed E-state index contributed by atoms with van der Waals surface area (Å²) in [6.07, 6.45) is 0. The second-order valence-electron chi connectivity index (χ2n) is 4.47. The Morgan fingerprint density at radius 1 is 1.16 bits per heavy atom. The van der Waals surface area contributed by atoms with Crippen molar-refractivity contribution in [2.75, 3.05) is 5.32 Å². The zero-order valence-electron chi connectivity index (χ0n) is 10.9. The molecule has 0 amide bonds. The van der Waals surface area contributed by atoms with Crippen LogP contribution >= 0.6 is 0 Å². The third-order valence-electron chi connectivity index (χ3n) is 3.02. The highest BCUT2D eigenvalue weighted by molar-refractivity contribution is 5.51. The Balaban J connectivity index is 2.06. The first-order valence-corrected chi connectivity index (χ1v) is 6.16. The fourth-order valence-electron chi connectivity index (χ4n) is 1.94. The summed E-state index contributed by atoms with van der Waals surface area (Å²) in [5.74, 6) is 0. The molecule has 0 aliphatic rings. The molecule has 0 radical (unpaired) electrons. The van der Waals surface area contributed by atoms with Gasteiger partial charge in [-0.25, -0.2) is 0 Å². The van der Waals surface area contributed by atoms with E-state index in [1.165, 1.54) is 0 Å². The maximum atomic E-state index is 9.09. The molecule has 0 unspecified atom stereocenters. The number of rotatable bonds is 4. The number of aliphatic hydroxyl groups excluding tert-OH is 1. The molecule has 2 rings (SSSR count). The second kappa shape index (κ2) is 6.03. The monoisotopic (exact) mass is 252 g/mol. The summed E-state index contributed by atoms with van der Waals surface area (Å²) in [6, 6.07) is 15.7. The molecule has 0 aliphatic heterocycles. The lowest BCUT2D eigenvalue weighted by Gasteiger charge is -2.09. The topological polar surface area (TPSA) is 56.0 Å². The van der Waals surface area contributed by atoms with Gasteiger partial charge in [-0.05, 0) is 41.8 Å². The van der Waals surface area contributed by atoms with Gasteiger partial charge in [-0.2, -0.15) is 5.26 Å². The molecule has 0 bridgehead atoms. The molecule has 0 atom stereocenters. The Bertz CT molecular complexity index is 614. The Labute approximate surface area is 113 Å². The summed E-state index contributed by atoms with van der Waals surface area (Å²) in [5.41, 5.74) is 4.69. The van der Waals surface area contributed by atoms with Crippen molar-refractivity contribution in [1.82, 2.24) is 0 Å². The predicted octanol–water partition coefficient (Wildman–Crippen LogP) is 2.97. The third kappa shape index (κ3) is 3.34. The van der Waals surface area contributed by atoms with Crippen LogP contribution in [0.25, 0.3) is 0 Å². The normalized spacial score (nSPS) is 9.95. The Morgan fingerprint density at radius 2 is 1.95 bits per heavy atom. The number of aryl methyl sites for hydroxylation is 1. The molecule has 3 heteroatoms. The second-order valence-corrected chi connectivity index (χ2v) is 4.47. The Kier molecular flexibility index (Phi) is 4.17. The average molecular weight is 252 g/mol. The first-order chi connectivity index (χ1) is 9.22. The van der Waals surface area contributed by atoms with Crippen molar-refractivity contribution in [3.8, 4) is 6.07 Å². The zero-order chi connectivity index (χ0) is 13.7. The minimum atomic E-state index is 0.0593. The van der Waals surface area contributed by atoms with E-state index < -0.39 is 0 Å². The number of nitriles is 1. The van der Waals surface area contributed by atoms with Gasteiger partial charge in [0.1, 0.15) is 0 Å². The maximum Gasteiger partial charge on any atom is 0.0994 e.